The second kappa shape index (κ2) is 4.22. The first-order chi connectivity index (χ1) is 4.16. The monoisotopic (exact) mass is 132 g/mol. The SMILES string of the molecule is CN(N)CCN(C)N=O. The Labute approximate surface area is 54.3 Å². The molecule has 5 nitrogen and oxygen atoms in total. The average molecular weight is 132 g/mol. The maximum atomic E-state index is 9.73. The molecule has 0 radical (unpaired) electrons. The van der Waals surface area contributed by atoms with Gasteiger partial charge in [0.1, 0.15) is 0 Å². The lowest BCUT2D eigenvalue weighted by Gasteiger charge is -2.12. The molecular formula is C4H12N4O. The van der Waals surface area contributed by atoms with Gasteiger partial charge in [-0.3, -0.25) is 10.9 Å². The topological polar surface area (TPSA) is 61.9 Å². The van der Waals surface area contributed by atoms with Crippen molar-refractivity contribution in [3.63, 3.8) is 0 Å². The molecule has 9 heavy (non-hydrogen) atoms. The Morgan fingerprint density at radius 3 is 2.33 bits per heavy atom. The van der Waals surface area contributed by atoms with E-state index in [-0.39, 0.29) is 0 Å². The molecule has 0 heterocycles. The first-order valence-corrected chi connectivity index (χ1v) is 2.67. The molecule has 0 aromatic heterocycles. The molecule has 0 aromatic carbocycles. The van der Waals surface area contributed by atoms with E-state index in [4.69, 9.17) is 5.84 Å². The van der Waals surface area contributed by atoms with Crippen molar-refractivity contribution in [3.8, 4) is 0 Å². The van der Waals surface area contributed by atoms with Crippen LogP contribution >= 0.6 is 0 Å². The van der Waals surface area contributed by atoms with Gasteiger partial charge in [-0.25, -0.2) is 5.01 Å². The van der Waals surface area contributed by atoms with E-state index in [9.17, 15) is 4.91 Å². The second-order valence-corrected chi connectivity index (χ2v) is 1.94. The van der Waals surface area contributed by atoms with Crippen molar-refractivity contribution < 1.29 is 0 Å². The van der Waals surface area contributed by atoms with Crippen molar-refractivity contribution in [2.24, 2.45) is 11.1 Å². The van der Waals surface area contributed by atoms with Crippen molar-refractivity contribution >= 4 is 0 Å². The summed E-state index contributed by atoms with van der Waals surface area (Å²) in [5, 5.41) is 5.46. The van der Waals surface area contributed by atoms with Gasteiger partial charge in [0.15, 0.2) is 0 Å². The van der Waals surface area contributed by atoms with Crippen molar-refractivity contribution in [1.82, 2.24) is 10.0 Å². The quantitative estimate of drug-likeness (QED) is 0.315. The number of nitroso groups, excluding NO2 is 1. The highest BCUT2D eigenvalue weighted by Gasteiger charge is 1.94. The van der Waals surface area contributed by atoms with Crippen LogP contribution in [0, 0.1) is 4.91 Å². The summed E-state index contributed by atoms with van der Waals surface area (Å²) in [6, 6.07) is 0. The van der Waals surface area contributed by atoms with Gasteiger partial charge < -0.3 is 0 Å². The standard InChI is InChI=1S/C4H12N4O/c1-7(5)3-4-8(2)6-9/h3-5H2,1-2H3. The Bertz CT molecular complexity index is 84.6. The third-order valence-electron chi connectivity index (χ3n) is 0.916. The zero-order valence-electron chi connectivity index (χ0n) is 5.74. The number of rotatable bonds is 4. The smallest absolute Gasteiger partial charge is 0.0530 e. The molecule has 0 rings (SSSR count). The Morgan fingerprint density at radius 1 is 1.44 bits per heavy atom. The number of nitrogens with zero attached hydrogens (tertiary/aromatic N) is 3. The molecule has 54 valence electrons. The largest absolute Gasteiger partial charge is 0.269 e. The fraction of sp³-hybridized carbons (Fsp3) is 1.00. The number of likely N-dealkylation sites (N-methyl/N-ethyl adjacent to an activating group) is 2. The summed E-state index contributed by atoms with van der Waals surface area (Å²) in [6.45, 7) is 1.21. The average Bonchev–Trinajstić information content (AvgIpc) is 1.83. The zero-order valence-corrected chi connectivity index (χ0v) is 5.74. The lowest BCUT2D eigenvalue weighted by atomic mass is 10.6. The van der Waals surface area contributed by atoms with Gasteiger partial charge in [-0.2, -0.15) is 0 Å². The Balaban J connectivity index is 3.16. The summed E-state index contributed by atoms with van der Waals surface area (Å²) < 4.78 is 0. The van der Waals surface area contributed by atoms with E-state index in [1.165, 1.54) is 10.0 Å². The summed E-state index contributed by atoms with van der Waals surface area (Å²) in [7, 11) is 3.34. The van der Waals surface area contributed by atoms with Crippen molar-refractivity contribution in [2.75, 3.05) is 27.2 Å². The van der Waals surface area contributed by atoms with E-state index >= 15 is 0 Å². The molecule has 0 fully saturated rings. The predicted molar refractivity (Wildman–Crippen MR) is 35.2 cm³/mol. The number of hydrogen-bond acceptors (Lipinski definition) is 4. The van der Waals surface area contributed by atoms with Gasteiger partial charge >= 0.3 is 0 Å². The Kier molecular flexibility index (Phi) is 3.90. The molecular weight excluding hydrogens is 120 g/mol. The summed E-state index contributed by atoms with van der Waals surface area (Å²) in [5.41, 5.74) is 0. The molecule has 0 atom stereocenters. The summed E-state index contributed by atoms with van der Waals surface area (Å²) in [4.78, 5) is 9.73. The summed E-state index contributed by atoms with van der Waals surface area (Å²) >= 11 is 0. The van der Waals surface area contributed by atoms with E-state index in [1.807, 2.05) is 0 Å². The van der Waals surface area contributed by atoms with Gasteiger partial charge in [0.05, 0.1) is 11.8 Å². The summed E-state index contributed by atoms with van der Waals surface area (Å²) in [5.74, 6) is 5.26. The molecule has 0 aliphatic carbocycles. The van der Waals surface area contributed by atoms with Gasteiger partial charge in [-0.05, 0) is 0 Å². The molecule has 0 amide bonds. The summed E-state index contributed by atoms with van der Waals surface area (Å²) in [6.07, 6.45) is 0. The number of hydrazine groups is 1. The highest BCUT2D eigenvalue weighted by molar-refractivity contribution is 4.45. The maximum absolute atomic E-state index is 9.73. The molecule has 0 saturated heterocycles. The van der Waals surface area contributed by atoms with Crippen LogP contribution in [-0.2, 0) is 0 Å². The van der Waals surface area contributed by atoms with Gasteiger partial charge in [0.25, 0.3) is 0 Å². The maximum Gasteiger partial charge on any atom is 0.0530 e. The molecule has 5 heteroatoms. The fourth-order valence-electron chi connectivity index (χ4n) is 0.343. The molecule has 2 N–H and O–H groups in total. The first kappa shape index (κ1) is 8.32. The minimum atomic E-state index is 0.566. The van der Waals surface area contributed by atoms with Crippen molar-refractivity contribution in [1.29, 1.82) is 0 Å². The molecule has 0 aromatic rings. The van der Waals surface area contributed by atoms with Crippen molar-refractivity contribution in [2.45, 2.75) is 0 Å². The fourth-order valence-corrected chi connectivity index (χ4v) is 0.343. The minimum Gasteiger partial charge on any atom is -0.269 e. The van der Waals surface area contributed by atoms with E-state index in [0.717, 1.165) is 0 Å². The van der Waals surface area contributed by atoms with Crippen LogP contribution in [-0.4, -0.2) is 37.2 Å². The van der Waals surface area contributed by atoms with Crippen LogP contribution in [0.3, 0.4) is 0 Å². The van der Waals surface area contributed by atoms with Crippen LogP contribution in [0.25, 0.3) is 0 Å². The highest BCUT2D eigenvalue weighted by Crippen LogP contribution is 1.80. The second-order valence-electron chi connectivity index (χ2n) is 1.94. The van der Waals surface area contributed by atoms with Gasteiger partial charge in [-0.15, -0.1) is 4.91 Å². The number of nitrogens with two attached hydrogens (primary N) is 1. The van der Waals surface area contributed by atoms with Crippen molar-refractivity contribution in [3.05, 3.63) is 4.91 Å². The molecule has 0 saturated carbocycles. The zero-order chi connectivity index (χ0) is 7.28. The molecule has 0 bridgehead atoms. The van der Waals surface area contributed by atoms with Crippen LogP contribution in [0.15, 0.2) is 5.29 Å². The molecule has 0 aliphatic heterocycles. The normalized spacial score (nSPS) is 9.78. The molecule has 0 spiro atoms. The number of hydrogen-bond donors (Lipinski definition) is 1. The highest BCUT2D eigenvalue weighted by atomic mass is 16.3. The van der Waals surface area contributed by atoms with Gasteiger partial charge in [0.2, 0.25) is 0 Å². The van der Waals surface area contributed by atoms with E-state index in [1.54, 1.807) is 14.1 Å². The van der Waals surface area contributed by atoms with Gasteiger partial charge in [-0.1, -0.05) is 0 Å². The lowest BCUT2D eigenvalue weighted by Crippen LogP contribution is -2.32. The van der Waals surface area contributed by atoms with E-state index in [2.05, 4.69) is 5.29 Å². The Hall–Kier alpha value is -0.680. The lowest BCUT2D eigenvalue weighted by molar-refractivity contribution is 0.266. The van der Waals surface area contributed by atoms with Crippen LogP contribution in [0.1, 0.15) is 0 Å². The minimum absolute atomic E-state index is 0.566. The van der Waals surface area contributed by atoms with Crippen LogP contribution in [0.5, 0.6) is 0 Å². The van der Waals surface area contributed by atoms with E-state index < -0.39 is 0 Å². The third-order valence-corrected chi connectivity index (χ3v) is 0.916. The Morgan fingerprint density at radius 2 is 2.00 bits per heavy atom. The van der Waals surface area contributed by atoms with Crippen LogP contribution in [0.4, 0.5) is 0 Å². The van der Waals surface area contributed by atoms with Crippen LogP contribution in [0.2, 0.25) is 0 Å². The van der Waals surface area contributed by atoms with E-state index in [0.29, 0.717) is 13.1 Å². The molecule has 0 unspecified atom stereocenters. The predicted octanol–water partition coefficient (Wildman–Crippen LogP) is -0.595. The third kappa shape index (κ3) is 5.19. The molecule has 0 aliphatic rings. The van der Waals surface area contributed by atoms with Crippen LogP contribution < -0.4 is 5.84 Å². The van der Waals surface area contributed by atoms with Gasteiger partial charge in [0, 0.05) is 20.6 Å². The first-order valence-electron chi connectivity index (χ1n) is 2.67.